The molecular weight excluding hydrogens is 479 g/mol. The van der Waals surface area contributed by atoms with E-state index in [2.05, 4.69) is 5.32 Å². The Kier molecular flexibility index (Phi) is 6.37. The number of hydrogen-bond donors (Lipinski definition) is 1. The monoisotopic (exact) mass is 492 g/mol. The van der Waals surface area contributed by atoms with Crippen LogP contribution in [0.5, 0.6) is 11.5 Å². The minimum Gasteiger partial charge on any atom is -0.497 e. The number of alkyl halides is 3. The quantitative estimate of drug-likeness (QED) is 0.490. The summed E-state index contributed by atoms with van der Waals surface area (Å²) in [5.74, 6) is -0.898. The lowest BCUT2D eigenvalue weighted by Crippen LogP contribution is -2.51. The lowest BCUT2D eigenvalue weighted by molar-refractivity contribution is -0.123. The fourth-order valence-corrected chi connectivity index (χ4v) is 4.50. The Morgan fingerprint density at radius 3 is 2.27 bits per heavy atom. The lowest BCUT2D eigenvalue weighted by atomic mass is 10.2. The third-order valence-corrected chi connectivity index (χ3v) is 6.48. The van der Waals surface area contributed by atoms with Crippen LogP contribution in [0.15, 0.2) is 53.4 Å². The number of ether oxygens (including phenoxy) is 2. The van der Waals surface area contributed by atoms with Crippen LogP contribution in [0.2, 0.25) is 0 Å². The molecule has 8 nitrogen and oxygen atoms in total. The molecule has 0 aromatic heterocycles. The minimum atomic E-state index is -4.16. The number of nitrogens with zero attached hydrogens (tertiary/aromatic N) is 1. The average Bonchev–Trinajstić information content (AvgIpc) is 2.88. The summed E-state index contributed by atoms with van der Waals surface area (Å²) in [7, 11) is -2.67. The van der Waals surface area contributed by atoms with Crippen molar-refractivity contribution in [3.05, 3.63) is 54.1 Å². The predicted octanol–water partition coefficient (Wildman–Crippen LogP) is 2.73. The van der Waals surface area contributed by atoms with Gasteiger partial charge in [-0.25, -0.2) is 12.7 Å². The molecule has 12 heteroatoms. The summed E-state index contributed by atoms with van der Waals surface area (Å²) in [4.78, 5) is 24.7. The molecule has 0 fully saturated rings. The largest absolute Gasteiger partial charge is 0.497 e. The number of amides is 2. The third-order valence-electron chi connectivity index (χ3n) is 4.10. The zero-order valence-corrected chi connectivity index (χ0v) is 18.4. The van der Waals surface area contributed by atoms with Gasteiger partial charge in [-0.05, 0) is 36.4 Å². The SMILES string of the molecule is COc1ccc(O[C@@H](NC(=O)CN2C(=O)c3ccccc3S2(=O)=O)C(Cl)(Cl)Cl)cc1. The maximum atomic E-state index is 12.6. The topological polar surface area (TPSA) is 102 Å². The fraction of sp³-hybridized carbons (Fsp3) is 0.222. The second-order valence-corrected chi connectivity index (χ2v) is 10.3. The highest BCUT2D eigenvalue weighted by Gasteiger charge is 2.43. The molecule has 0 radical (unpaired) electrons. The first-order chi connectivity index (χ1) is 14.0. The van der Waals surface area contributed by atoms with Gasteiger partial charge < -0.3 is 14.8 Å². The molecule has 1 N–H and O–H groups in total. The number of nitrogens with one attached hydrogen (secondary N) is 1. The molecule has 30 heavy (non-hydrogen) atoms. The smallest absolute Gasteiger partial charge is 0.269 e. The van der Waals surface area contributed by atoms with E-state index in [1.807, 2.05) is 0 Å². The first-order valence-electron chi connectivity index (χ1n) is 8.37. The summed E-state index contributed by atoms with van der Waals surface area (Å²) in [5, 5.41) is 2.30. The summed E-state index contributed by atoms with van der Waals surface area (Å²) < 4.78 is 34.1. The molecular formula is C18H15Cl3N2O6S. The number of hydrogen-bond acceptors (Lipinski definition) is 6. The van der Waals surface area contributed by atoms with E-state index in [0.29, 0.717) is 10.1 Å². The highest BCUT2D eigenvalue weighted by atomic mass is 35.6. The van der Waals surface area contributed by atoms with Crippen LogP contribution in [-0.2, 0) is 14.8 Å². The van der Waals surface area contributed by atoms with Crippen molar-refractivity contribution < 1.29 is 27.5 Å². The Hall–Kier alpha value is -2.20. The zero-order chi connectivity index (χ0) is 22.1. The van der Waals surface area contributed by atoms with Crippen LogP contribution in [0.25, 0.3) is 0 Å². The van der Waals surface area contributed by atoms with Crippen LogP contribution >= 0.6 is 34.8 Å². The Morgan fingerprint density at radius 2 is 1.70 bits per heavy atom. The maximum Gasteiger partial charge on any atom is 0.269 e. The van der Waals surface area contributed by atoms with E-state index in [1.165, 1.54) is 43.5 Å². The van der Waals surface area contributed by atoms with Crippen molar-refractivity contribution in [1.29, 1.82) is 0 Å². The van der Waals surface area contributed by atoms with Gasteiger partial charge in [0, 0.05) is 0 Å². The number of halogens is 3. The van der Waals surface area contributed by atoms with Crippen molar-refractivity contribution in [2.75, 3.05) is 13.7 Å². The molecule has 0 spiro atoms. The van der Waals surface area contributed by atoms with E-state index in [-0.39, 0.29) is 16.2 Å². The summed E-state index contributed by atoms with van der Waals surface area (Å²) in [6.45, 7) is -0.806. The lowest BCUT2D eigenvalue weighted by Gasteiger charge is -2.27. The molecule has 0 saturated heterocycles. The van der Waals surface area contributed by atoms with Gasteiger partial charge in [0.05, 0.1) is 12.7 Å². The average molecular weight is 494 g/mol. The Balaban J connectivity index is 1.74. The second-order valence-electron chi connectivity index (χ2n) is 6.10. The number of sulfonamides is 1. The molecule has 1 atom stereocenters. The molecule has 0 saturated carbocycles. The number of carbonyl (C=O) groups is 2. The Morgan fingerprint density at radius 1 is 1.10 bits per heavy atom. The molecule has 2 aromatic carbocycles. The standard InChI is InChI=1S/C18H15Cl3N2O6S/c1-28-11-6-8-12(9-7-11)29-17(18(19,20)21)22-15(24)10-23-16(25)13-4-2-3-5-14(13)30(23,26)27/h2-9,17H,10H2,1H3,(H,22,24)/t17-/m1/s1. The van der Waals surface area contributed by atoms with E-state index >= 15 is 0 Å². The van der Waals surface area contributed by atoms with Crippen LogP contribution in [0.3, 0.4) is 0 Å². The molecule has 1 heterocycles. The van der Waals surface area contributed by atoms with E-state index in [1.54, 1.807) is 12.1 Å². The second kappa shape index (κ2) is 8.50. The normalized spacial score (nSPS) is 16.0. The number of rotatable bonds is 6. The molecule has 2 aromatic rings. The molecule has 3 rings (SSSR count). The number of carbonyl (C=O) groups excluding carboxylic acids is 2. The van der Waals surface area contributed by atoms with Crippen LogP contribution in [0.4, 0.5) is 0 Å². The summed E-state index contributed by atoms with van der Waals surface area (Å²) in [6.07, 6.45) is -1.47. The van der Waals surface area contributed by atoms with Crippen LogP contribution in [0.1, 0.15) is 10.4 Å². The molecule has 0 unspecified atom stereocenters. The van der Waals surface area contributed by atoms with Gasteiger partial charge in [0.2, 0.25) is 15.9 Å². The van der Waals surface area contributed by atoms with Gasteiger partial charge in [-0.2, -0.15) is 0 Å². The van der Waals surface area contributed by atoms with Gasteiger partial charge in [0.1, 0.15) is 22.9 Å². The van der Waals surface area contributed by atoms with Gasteiger partial charge in [0.15, 0.2) is 0 Å². The van der Waals surface area contributed by atoms with Crippen molar-refractivity contribution >= 4 is 56.6 Å². The fourth-order valence-electron chi connectivity index (χ4n) is 2.68. The van der Waals surface area contributed by atoms with Crippen LogP contribution in [0, 0.1) is 0 Å². The highest BCUT2D eigenvalue weighted by Crippen LogP contribution is 2.33. The molecule has 0 bridgehead atoms. The van der Waals surface area contributed by atoms with E-state index < -0.39 is 38.4 Å². The van der Waals surface area contributed by atoms with Crippen LogP contribution < -0.4 is 14.8 Å². The van der Waals surface area contributed by atoms with Gasteiger partial charge in [-0.15, -0.1) is 0 Å². The maximum absolute atomic E-state index is 12.6. The molecule has 1 aliphatic heterocycles. The van der Waals surface area contributed by atoms with Gasteiger partial charge in [-0.1, -0.05) is 46.9 Å². The molecule has 2 amide bonds. The number of benzene rings is 2. The molecule has 0 aliphatic carbocycles. The van der Waals surface area contributed by atoms with E-state index in [0.717, 1.165) is 0 Å². The first kappa shape index (κ1) is 22.5. The van der Waals surface area contributed by atoms with Crippen LogP contribution in [-0.4, -0.2) is 48.2 Å². The predicted molar refractivity (Wildman–Crippen MR) is 111 cm³/mol. The summed E-state index contributed by atoms with van der Waals surface area (Å²) >= 11 is 17.7. The van der Waals surface area contributed by atoms with Gasteiger partial charge in [-0.3, -0.25) is 9.59 Å². The zero-order valence-electron chi connectivity index (χ0n) is 15.3. The van der Waals surface area contributed by atoms with Crippen molar-refractivity contribution in [2.24, 2.45) is 0 Å². The number of methoxy groups -OCH3 is 1. The molecule has 1 aliphatic rings. The summed E-state index contributed by atoms with van der Waals surface area (Å²) in [5.41, 5.74) is -0.0160. The Bertz CT molecular complexity index is 1070. The van der Waals surface area contributed by atoms with Gasteiger partial charge in [0.25, 0.3) is 15.9 Å². The number of fused-ring (bicyclic) bond motifs is 1. The van der Waals surface area contributed by atoms with E-state index in [9.17, 15) is 18.0 Å². The van der Waals surface area contributed by atoms with Gasteiger partial charge >= 0.3 is 0 Å². The van der Waals surface area contributed by atoms with Crippen molar-refractivity contribution in [1.82, 2.24) is 9.62 Å². The minimum absolute atomic E-state index is 0.0160. The van der Waals surface area contributed by atoms with E-state index in [4.69, 9.17) is 44.3 Å². The third kappa shape index (κ3) is 4.59. The molecule has 160 valence electrons. The van der Waals surface area contributed by atoms with Crippen molar-refractivity contribution in [2.45, 2.75) is 14.9 Å². The highest BCUT2D eigenvalue weighted by molar-refractivity contribution is 7.90. The summed E-state index contributed by atoms with van der Waals surface area (Å²) in [6, 6.07) is 11.9. The first-order valence-corrected chi connectivity index (χ1v) is 10.9. The van der Waals surface area contributed by atoms with Crippen molar-refractivity contribution in [3.8, 4) is 11.5 Å². The Labute approximate surface area is 187 Å². The van der Waals surface area contributed by atoms with Crippen molar-refractivity contribution in [3.63, 3.8) is 0 Å².